The summed E-state index contributed by atoms with van der Waals surface area (Å²) in [6.45, 7) is 10.8. The summed E-state index contributed by atoms with van der Waals surface area (Å²) < 4.78 is 0. The standard InChI is InChI=1S/C17H28N2O/c1-6-15-7-9-16(10-8-15)14(5)18-11-17(20)19-13(4)12(2)3/h7-10,12-14,18H,6,11H2,1-5H3,(H,19,20). The first kappa shape index (κ1) is 16.7. The van der Waals surface area contributed by atoms with Gasteiger partial charge in [0.05, 0.1) is 6.54 Å². The molecule has 0 saturated heterocycles. The van der Waals surface area contributed by atoms with Crippen LogP contribution in [0.5, 0.6) is 0 Å². The fourth-order valence-corrected chi connectivity index (χ4v) is 1.88. The van der Waals surface area contributed by atoms with Crippen LogP contribution in [0.4, 0.5) is 0 Å². The minimum Gasteiger partial charge on any atom is -0.352 e. The Morgan fingerprint density at radius 3 is 2.20 bits per heavy atom. The number of nitrogens with one attached hydrogen (secondary N) is 2. The fraction of sp³-hybridized carbons (Fsp3) is 0.588. The molecular formula is C17H28N2O. The van der Waals surface area contributed by atoms with Gasteiger partial charge in [-0.3, -0.25) is 4.79 Å². The number of hydrogen-bond acceptors (Lipinski definition) is 2. The number of aryl methyl sites for hydroxylation is 1. The SMILES string of the molecule is CCc1ccc(C(C)NCC(=O)NC(C)C(C)C)cc1. The van der Waals surface area contributed by atoms with Crippen molar-refractivity contribution in [1.82, 2.24) is 10.6 Å². The molecule has 0 fully saturated rings. The van der Waals surface area contributed by atoms with Gasteiger partial charge in [-0.2, -0.15) is 0 Å². The van der Waals surface area contributed by atoms with Crippen LogP contribution in [0.2, 0.25) is 0 Å². The molecule has 0 aromatic heterocycles. The lowest BCUT2D eigenvalue weighted by Crippen LogP contribution is -2.41. The van der Waals surface area contributed by atoms with E-state index in [1.165, 1.54) is 11.1 Å². The average molecular weight is 276 g/mol. The molecule has 0 radical (unpaired) electrons. The van der Waals surface area contributed by atoms with Crippen LogP contribution in [0, 0.1) is 5.92 Å². The smallest absolute Gasteiger partial charge is 0.234 e. The van der Waals surface area contributed by atoms with Crippen molar-refractivity contribution < 1.29 is 4.79 Å². The van der Waals surface area contributed by atoms with Crippen LogP contribution < -0.4 is 10.6 Å². The Balaban J connectivity index is 2.42. The highest BCUT2D eigenvalue weighted by atomic mass is 16.1. The lowest BCUT2D eigenvalue weighted by molar-refractivity contribution is -0.121. The van der Waals surface area contributed by atoms with Gasteiger partial charge in [0.15, 0.2) is 0 Å². The Morgan fingerprint density at radius 2 is 1.70 bits per heavy atom. The fourth-order valence-electron chi connectivity index (χ4n) is 1.88. The molecule has 0 aliphatic rings. The Labute approximate surface area is 123 Å². The first-order chi connectivity index (χ1) is 9.43. The van der Waals surface area contributed by atoms with E-state index in [0.717, 1.165) is 6.42 Å². The van der Waals surface area contributed by atoms with E-state index in [2.05, 4.69) is 62.6 Å². The molecule has 0 heterocycles. The van der Waals surface area contributed by atoms with Gasteiger partial charge in [-0.05, 0) is 37.3 Å². The summed E-state index contributed by atoms with van der Waals surface area (Å²) in [5.74, 6) is 0.515. The summed E-state index contributed by atoms with van der Waals surface area (Å²) in [6, 6.07) is 8.95. The first-order valence-corrected chi connectivity index (χ1v) is 7.55. The van der Waals surface area contributed by atoms with Gasteiger partial charge in [0.2, 0.25) is 5.91 Å². The maximum Gasteiger partial charge on any atom is 0.234 e. The largest absolute Gasteiger partial charge is 0.352 e. The van der Waals surface area contributed by atoms with Crippen molar-refractivity contribution in [2.75, 3.05) is 6.54 Å². The zero-order valence-corrected chi connectivity index (χ0v) is 13.4. The van der Waals surface area contributed by atoms with E-state index >= 15 is 0 Å². The molecule has 1 aromatic rings. The van der Waals surface area contributed by atoms with Crippen LogP contribution in [-0.4, -0.2) is 18.5 Å². The molecule has 0 bridgehead atoms. The molecule has 0 aliphatic carbocycles. The molecule has 0 saturated carbocycles. The highest BCUT2D eigenvalue weighted by molar-refractivity contribution is 5.78. The molecule has 0 aliphatic heterocycles. The second-order valence-electron chi connectivity index (χ2n) is 5.80. The minimum atomic E-state index is 0.0585. The van der Waals surface area contributed by atoms with Crippen LogP contribution in [0.1, 0.15) is 51.8 Å². The molecule has 2 N–H and O–H groups in total. The van der Waals surface area contributed by atoms with Crippen molar-refractivity contribution in [2.24, 2.45) is 5.92 Å². The highest BCUT2D eigenvalue weighted by Gasteiger charge is 2.12. The van der Waals surface area contributed by atoms with Crippen LogP contribution in [0.15, 0.2) is 24.3 Å². The summed E-state index contributed by atoms with van der Waals surface area (Å²) in [6.07, 6.45) is 1.05. The molecule has 3 heteroatoms. The zero-order valence-electron chi connectivity index (χ0n) is 13.4. The van der Waals surface area contributed by atoms with Crippen LogP contribution >= 0.6 is 0 Å². The second-order valence-corrected chi connectivity index (χ2v) is 5.80. The Bertz CT molecular complexity index is 412. The van der Waals surface area contributed by atoms with Gasteiger partial charge in [0.25, 0.3) is 0 Å². The maximum atomic E-state index is 11.8. The van der Waals surface area contributed by atoms with Gasteiger partial charge in [-0.25, -0.2) is 0 Å². The van der Waals surface area contributed by atoms with E-state index in [-0.39, 0.29) is 18.0 Å². The van der Waals surface area contributed by atoms with E-state index in [1.54, 1.807) is 0 Å². The number of carbonyl (C=O) groups excluding carboxylic acids is 1. The lowest BCUT2D eigenvalue weighted by Gasteiger charge is -2.19. The third-order valence-corrected chi connectivity index (χ3v) is 3.85. The molecule has 2 atom stereocenters. The Hall–Kier alpha value is -1.35. The van der Waals surface area contributed by atoms with Gasteiger partial charge in [0, 0.05) is 12.1 Å². The molecule has 1 rings (SSSR count). The number of rotatable bonds is 7. The summed E-state index contributed by atoms with van der Waals surface area (Å²) in [4.78, 5) is 11.8. The predicted molar refractivity (Wildman–Crippen MR) is 84.7 cm³/mol. The number of carbonyl (C=O) groups is 1. The molecule has 20 heavy (non-hydrogen) atoms. The molecule has 112 valence electrons. The monoisotopic (exact) mass is 276 g/mol. The Morgan fingerprint density at radius 1 is 1.10 bits per heavy atom. The molecule has 3 nitrogen and oxygen atoms in total. The topological polar surface area (TPSA) is 41.1 Å². The van der Waals surface area contributed by atoms with E-state index in [9.17, 15) is 4.79 Å². The van der Waals surface area contributed by atoms with Gasteiger partial charge < -0.3 is 10.6 Å². The number of hydrogen-bond donors (Lipinski definition) is 2. The summed E-state index contributed by atoms with van der Waals surface area (Å²) in [5.41, 5.74) is 2.55. The van der Waals surface area contributed by atoms with E-state index in [0.29, 0.717) is 12.5 Å². The molecule has 1 amide bonds. The average Bonchev–Trinajstić information content (AvgIpc) is 2.44. The van der Waals surface area contributed by atoms with E-state index in [1.807, 2.05) is 6.92 Å². The molecule has 0 spiro atoms. The lowest BCUT2D eigenvalue weighted by atomic mass is 10.0. The van der Waals surface area contributed by atoms with Crippen molar-refractivity contribution in [3.8, 4) is 0 Å². The van der Waals surface area contributed by atoms with E-state index in [4.69, 9.17) is 0 Å². The normalized spacial score (nSPS) is 14.1. The number of amides is 1. The van der Waals surface area contributed by atoms with Crippen molar-refractivity contribution in [3.63, 3.8) is 0 Å². The van der Waals surface area contributed by atoms with Gasteiger partial charge >= 0.3 is 0 Å². The van der Waals surface area contributed by atoms with Crippen molar-refractivity contribution in [2.45, 2.75) is 53.1 Å². The zero-order chi connectivity index (χ0) is 15.1. The third kappa shape index (κ3) is 5.33. The quantitative estimate of drug-likeness (QED) is 0.803. The second kappa shape index (κ2) is 8.05. The van der Waals surface area contributed by atoms with Crippen molar-refractivity contribution >= 4 is 5.91 Å². The summed E-state index contributed by atoms with van der Waals surface area (Å²) in [5, 5.41) is 6.27. The summed E-state index contributed by atoms with van der Waals surface area (Å²) >= 11 is 0. The van der Waals surface area contributed by atoms with Gasteiger partial charge in [-0.1, -0.05) is 45.0 Å². The molecule has 2 unspecified atom stereocenters. The first-order valence-electron chi connectivity index (χ1n) is 7.55. The van der Waals surface area contributed by atoms with Crippen LogP contribution in [0.3, 0.4) is 0 Å². The molecular weight excluding hydrogens is 248 g/mol. The maximum absolute atomic E-state index is 11.8. The van der Waals surface area contributed by atoms with Crippen molar-refractivity contribution in [1.29, 1.82) is 0 Å². The number of benzene rings is 1. The minimum absolute atomic E-state index is 0.0585. The van der Waals surface area contributed by atoms with Crippen molar-refractivity contribution in [3.05, 3.63) is 35.4 Å². The third-order valence-electron chi connectivity index (χ3n) is 3.85. The highest BCUT2D eigenvalue weighted by Crippen LogP contribution is 2.13. The molecule has 1 aromatic carbocycles. The van der Waals surface area contributed by atoms with Crippen LogP contribution in [0.25, 0.3) is 0 Å². The van der Waals surface area contributed by atoms with Gasteiger partial charge in [0.1, 0.15) is 0 Å². The summed E-state index contributed by atoms with van der Waals surface area (Å²) in [7, 11) is 0. The van der Waals surface area contributed by atoms with E-state index < -0.39 is 0 Å². The predicted octanol–water partition coefficient (Wildman–Crippen LogP) is 3.06. The van der Waals surface area contributed by atoms with Gasteiger partial charge in [-0.15, -0.1) is 0 Å². The van der Waals surface area contributed by atoms with Crippen LogP contribution in [-0.2, 0) is 11.2 Å². The Kier molecular flexibility index (Phi) is 6.73.